The lowest BCUT2D eigenvalue weighted by Gasteiger charge is -2.35. The standard InChI is InChI=1S/C14H21NO2S/c1-14(2)5-3-4-11(7-14)15-8-12-6-10(9-18-12)13(16)17/h6,9,11,15H,3-5,7-8H2,1-2H3,(H,16,17). The summed E-state index contributed by atoms with van der Waals surface area (Å²) in [7, 11) is 0. The van der Waals surface area contributed by atoms with Gasteiger partial charge in [0.05, 0.1) is 5.56 Å². The number of nitrogens with one attached hydrogen (secondary N) is 1. The first-order valence-corrected chi connectivity index (χ1v) is 7.38. The zero-order valence-electron chi connectivity index (χ0n) is 11.0. The Bertz CT molecular complexity index is 425. The number of aromatic carboxylic acids is 1. The fourth-order valence-electron chi connectivity index (χ4n) is 2.70. The lowest BCUT2D eigenvalue weighted by atomic mass is 9.75. The number of rotatable bonds is 4. The van der Waals surface area contributed by atoms with E-state index in [1.54, 1.807) is 11.4 Å². The highest BCUT2D eigenvalue weighted by molar-refractivity contribution is 7.10. The molecule has 1 unspecified atom stereocenters. The number of hydrogen-bond acceptors (Lipinski definition) is 3. The van der Waals surface area contributed by atoms with Gasteiger partial charge in [-0.05, 0) is 30.7 Å². The van der Waals surface area contributed by atoms with Crippen molar-refractivity contribution in [3.63, 3.8) is 0 Å². The van der Waals surface area contributed by atoms with Crippen LogP contribution in [0.1, 0.15) is 54.8 Å². The summed E-state index contributed by atoms with van der Waals surface area (Å²) >= 11 is 1.52. The zero-order valence-corrected chi connectivity index (χ0v) is 11.8. The van der Waals surface area contributed by atoms with Gasteiger partial charge in [-0.2, -0.15) is 0 Å². The Morgan fingerprint density at radius 2 is 2.39 bits per heavy atom. The Balaban J connectivity index is 1.85. The molecule has 2 rings (SSSR count). The maximum absolute atomic E-state index is 10.8. The summed E-state index contributed by atoms with van der Waals surface area (Å²) < 4.78 is 0. The average molecular weight is 267 g/mol. The van der Waals surface area contributed by atoms with E-state index in [-0.39, 0.29) is 0 Å². The molecule has 0 bridgehead atoms. The first-order chi connectivity index (χ1) is 8.46. The molecule has 1 aliphatic rings. The molecule has 0 radical (unpaired) electrons. The molecule has 0 amide bonds. The summed E-state index contributed by atoms with van der Waals surface area (Å²) in [4.78, 5) is 11.9. The van der Waals surface area contributed by atoms with Crippen LogP contribution in [0.15, 0.2) is 11.4 Å². The van der Waals surface area contributed by atoms with Crippen LogP contribution in [0.3, 0.4) is 0 Å². The van der Waals surface area contributed by atoms with E-state index in [2.05, 4.69) is 19.2 Å². The summed E-state index contributed by atoms with van der Waals surface area (Å²) in [5.74, 6) is -0.837. The van der Waals surface area contributed by atoms with Gasteiger partial charge in [0.2, 0.25) is 0 Å². The SMILES string of the molecule is CC1(C)CCCC(NCc2cc(C(=O)O)cs2)C1. The number of thiophene rings is 1. The van der Waals surface area contributed by atoms with Crippen LogP contribution in [0, 0.1) is 5.41 Å². The van der Waals surface area contributed by atoms with Crippen LogP contribution in [0.25, 0.3) is 0 Å². The van der Waals surface area contributed by atoms with E-state index in [1.807, 2.05) is 0 Å². The second-order valence-electron chi connectivity index (χ2n) is 5.95. The topological polar surface area (TPSA) is 49.3 Å². The first kappa shape index (κ1) is 13.6. The van der Waals surface area contributed by atoms with Crippen LogP contribution < -0.4 is 5.32 Å². The van der Waals surface area contributed by atoms with Gasteiger partial charge in [0.15, 0.2) is 0 Å². The molecule has 3 nitrogen and oxygen atoms in total. The molecule has 0 saturated heterocycles. The van der Waals surface area contributed by atoms with Gasteiger partial charge in [-0.15, -0.1) is 11.3 Å². The van der Waals surface area contributed by atoms with Crippen molar-refractivity contribution in [1.82, 2.24) is 5.32 Å². The minimum absolute atomic E-state index is 0.403. The normalized spacial score (nSPS) is 22.9. The summed E-state index contributed by atoms with van der Waals surface area (Å²) in [6, 6.07) is 2.35. The number of carboxylic acid groups (broad SMARTS) is 1. The predicted octanol–water partition coefficient (Wildman–Crippen LogP) is 3.50. The van der Waals surface area contributed by atoms with Crippen LogP contribution in [0.2, 0.25) is 0 Å². The average Bonchev–Trinajstić information content (AvgIpc) is 2.74. The van der Waals surface area contributed by atoms with Crippen LogP contribution in [0.5, 0.6) is 0 Å². The van der Waals surface area contributed by atoms with Crippen molar-refractivity contribution in [2.24, 2.45) is 5.41 Å². The third kappa shape index (κ3) is 3.56. The second-order valence-corrected chi connectivity index (χ2v) is 6.94. The Hall–Kier alpha value is -0.870. The second kappa shape index (κ2) is 5.41. The lowest BCUT2D eigenvalue weighted by Crippen LogP contribution is -2.36. The lowest BCUT2D eigenvalue weighted by molar-refractivity contribution is 0.0697. The summed E-state index contributed by atoms with van der Waals surface area (Å²) in [6.45, 7) is 5.45. The molecule has 1 saturated carbocycles. The van der Waals surface area contributed by atoms with Crippen molar-refractivity contribution in [2.75, 3.05) is 0 Å². The van der Waals surface area contributed by atoms with E-state index in [4.69, 9.17) is 5.11 Å². The smallest absolute Gasteiger partial charge is 0.336 e. The van der Waals surface area contributed by atoms with Gasteiger partial charge in [0.25, 0.3) is 0 Å². The predicted molar refractivity (Wildman–Crippen MR) is 74.2 cm³/mol. The van der Waals surface area contributed by atoms with Crippen molar-refractivity contribution >= 4 is 17.3 Å². The molecule has 1 heterocycles. The summed E-state index contributed by atoms with van der Waals surface area (Å²) in [6.07, 6.45) is 5.05. The van der Waals surface area contributed by atoms with Gasteiger partial charge in [-0.3, -0.25) is 0 Å². The Kier molecular flexibility index (Phi) is 4.07. The zero-order chi connectivity index (χ0) is 13.2. The Labute approximate surface area is 112 Å². The molecule has 1 aromatic rings. The highest BCUT2D eigenvalue weighted by Gasteiger charge is 2.27. The van der Waals surface area contributed by atoms with Crippen LogP contribution in [-0.4, -0.2) is 17.1 Å². The van der Waals surface area contributed by atoms with Crippen molar-refractivity contribution in [3.8, 4) is 0 Å². The molecule has 18 heavy (non-hydrogen) atoms. The van der Waals surface area contributed by atoms with Crippen molar-refractivity contribution in [1.29, 1.82) is 0 Å². The minimum atomic E-state index is -0.837. The van der Waals surface area contributed by atoms with Crippen molar-refractivity contribution in [2.45, 2.75) is 52.1 Å². The van der Waals surface area contributed by atoms with Gasteiger partial charge in [-0.1, -0.05) is 20.3 Å². The summed E-state index contributed by atoms with van der Waals surface area (Å²) in [5, 5.41) is 14.1. The molecule has 1 atom stereocenters. The molecule has 1 aliphatic carbocycles. The molecule has 4 heteroatoms. The molecule has 100 valence electrons. The van der Waals surface area contributed by atoms with Crippen LogP contribution in [0.4, 0.5) is 0 Å². The molecular weight excluding hydrogens is 246 g/mol. The third-order valence-electron chi connectivity index (χ3n) is 3.67. The van der Waals surface area contributed by atoms with Crippen LogP contribution in [-0.2, 0) is 6.54 Å². The monoisotopic (exact) mass is 267 g/mol. The highest BCUT2D eigenvalue weighted by atomic mass is 32.1. The van der Waals surface area contributed by atoms with E-state index in [0.717, 1.165) is 11.4 Å². The summed E-state index contributed by atoms with van der Waals surface area (Å²) in [5.41, 5.74) is 0.846. The highest BCUT2D eigenvalue weighted by Crippen LogP contribution is 2.35. The first-order valence-electron chi connectivity index (χ1n) is 6.50. The Morgan fingerprint density at radius 1 is 1.61 bits per heavy atom. The van der Waals surface area contributed by atoms with Gasteiger partial charge >= 0.3 is 5.97 Å². The van der Waals surface area contributed by atoms with Gasteiger partial charge in [-0.25, -0.2) is 4.79 Å². The quantitative estimate of drug-likeness (QED) is 0.877. The van der Waals surface area contributed by atoms with Crippen LogP contribution >= 0.6 is 11.3 Å². The molecule has 1 fully saturated rings. The minimum Gasteiger partial charge on any atom is -0.478 e. The van der Waals surface area contributed by atoms with Gasteiger partial charge < -0.3 is 10.4 Å². The fourth-order valence-corrected chi connectivity index (χ4v) is 3.51. The van der Waals surface area contributed by atoms with E-state index < -0.39 is 5.97 Å². The largest absolute Gasteiger partial charge is 0.478 e. The van der Waals surface area contributed by atoms with Gasteiger partial charge in [0.1, 0.15) is 0 Å². The van der Waals surface area contributed by atoms with Crippen molar-refractivity contribution in [3.05, 3.63) is 21.9 Å². The van der Waals surface area contributed by atoms with E-state index >= 15 is 0 Å². The van der Waals surface area contributed by atoms with E-state index in [1.165, 1.54) is 37.0 Å². The maximum atomic E-state index is 10.8. The number of carbonyl (C=O) groups is 1. The molecule has 0 spiro atoms. The van der Waals surface area contributed by atoms with E-state index in [0.29, 0.717) is 17.0 Å². The fraction of sp³-hybridized carbons (Fsp3) is 0.643. The molecule has 0 aromatic carbocycles. The van der Waals surface area contributed by atoms with Crippen molar-refractivity contribution < 1.29 is 9.90 Å². The molecular formula is C14H21NO2S. The maximum Gasteiger partial charge on any atom is 0.336 e. The van der Waals surface area contributed by atoms with Gasteiger partial charge in [0, 0.05) is 22.8 Å². The molecule has 2 N–H and O–H groups in total. The molecule has 1 aromatic heterocycles. The number of carboxylic acids is 1. The number of hydrogen-bond donors (Lipinski definition) is 2. The third-order valence-corrected chi connectivity index (χ3v) is 4.61. The Morgan fingerprint density at radius 3 is 3.00 bits per heavy atom. The van der Waals surface area contributed by atoms with E-state index in [9.17, 15) is 4.79 Å². The molecule has 0 aliphatic heterocycles.